The number of hydrogen-bond acceptors (Lipinski definition) is 3. The molecule has 0 saturated heterocycles. The van der Waals surface area contributed by atoms with E-state index in [-0.39, 0.29) is 0 Å². The minimum Gasteiger partial charge on any atom is -0.399 e. The Hall–Kier alpha value is -2.55. The van der Waals surface area contributed by atoms with Gasteiger partial charge in [0.1, 0.15) is 0 Å². The van der Waals surface area contributed by atoms with Crippen LogP contribution in [0.4, 0.5) is 11.4 Å². The Morgan fingerprint density at radius 3 is 2.79 bits per heavy atom. The van der Waals surface area contributed by atoms with Crippen molar-refractivity contribution in [2.24, 2.45) is 0 Å². The fraction of sp³-hybridized carbons (Fsp3) is 0.0625. The van der Waals surface area contributed by atoms with E-state index in [2.05, 4.69) is 22.4 Å². The Balaban J connectivity index is 1.86. The van der Waals surface area contributed by atoms with E-state index in [4.69, 9.17) is 5.73 Å². The molecule has 0 radical (unpaired) electrons. The van der Waals surface area contributed by atoms with Crippen LogP contribution in [0, 0.1) is 0 Å². The lowest BCUT2D eigenvalue weighted by atomic mass is 10.1. The molecule has 0 spiro atoms. The van der Waals surface area contributed by atoms with Crippen molar-refractivity contribution >= 4 is 22.3 Å². The smallest absolute Gasteiger partial charge is 0.0722 e. The summed E-state index contributed by atoms with van der Waals surface area (Å²) in [6.45, 7) is 0.749. The molecular formula is C16H15N3. The number of fused-ring (bicyclic) bond motifs is 1. The molecule has 0 fully saturated rings. The van der Waals surface area contributed by atoms with Gasteiger partial charge in [-0.25, -0.2) is 0 Å². The summed E-state index contributed by atoms with van der Waals surface area (Å²) in [6.07, 6.45) is 1.82. The van der Waals surface area contributed by atoms with Gasteiger partial charge in [-0.15, -0.1) is 0 Å². The van der Waals surface area contributed by atoms with Gasteiger partial charge in [0, 0.05) is 29.5 Å². The van der Waals surface area contributed by atoms with Gasteiger partial charge < -0.3 is 11.1 Å². The van der Waals surface area contributed by atoms with Crippen molar-refractivity contribution in [2.75, 3.05) is 11.1 Å². The fourth-order valence-electron chi connectivity index (χ4n) is 2.15. The topological polar surface area (TPSA) is 50.9 Å². The van der Waals surface area contributed by atoms with E-state index in [0.717, 1.165) is 28.8 Å². The Bertz CT molecular complexity index is 702. The Morgan fingerprint density at radius 2 is 1.89 bits per heavy atom. The fourth-order valence-corrected chi connectivity index (χ4v) is 2.15. The van der Waals surface area contributed by atoms with Gasteiger partial charge in [0.15, 0.2) is 0 Å². The van der Waals surface area contributed by atoms with Crippen LogP contribution in [0.25, 0.3) is 10.9 Å². The first-order chi connectivity index (χ1) is 9.33. The second-order valence-corrected chi connectivity index (χ2v) is 4.47. The number of nitrogens with one attached hydrogen (secondary N) is 1. The van der Waals surface area contributed by atoms with Crippen molar-refractivity contribution in [3.05, 3.63) is 66.4 Å². The van der Waals surface area contributed by atoms with E-state index < -0.39 is 0 Å². The molecule has 19 heavy (non-hydrogen) atoms. The highest BCUT2D eigenvalue weighted by atomic mass is 14.9. The maximum Gasteiger partial charge on any atom is 0.0722 e. The molecule has 0 aliphatic rings. The summed E-state index contributed by atoms with van der Waals surface area (Å²) >= 11 is 0. The van der Waals surface area contributed by atoms with Crippen LogP contribution < -0.4 is 11.1 Å². The minimum absolute atomic E-state index is 0.749. The first kappa shape index (κ1) is 11.5. The van der Waals surface area contributed by atoms with Gasteiger partial charge in [-0.2, -0.15) is 0 Å². The number of nitrogen functional groups attached to an aromatic ring is 1. The summed E-state index contributed by atoms with van der Waals surface area (Å²) < 4.78 is 0. The van der Waals surface area contributed by atoms with Gasteiger partial charge in [-0.3, -0.25) is 4.98 Å². The second-order valence-electron chi connectivity index (χ2n) is 4.47. The molecule has 0 bridgehead atoms. The predicted octanol–water partition coefficient (Wildman–Crippen LogP) is 3.43. The average molecular weight is 249 g/mol. The molecule has 3 N–H and O–H groups in total. The van der Waals surface area contributed by atoms with Gasteiger partial charge >= 0.3 is 0 Å². The van der Waals surface area contributed by atoms with Gasteiger partial charge in [0.2, 0.25) is 0 Å². The summed E-state index contributed by atoms with van der Waals surface area (Å²) in [5.41, 5.74) is 9.83. The van der Waals surface area contributed by atoms with Crippen LogP contribution >= 0.6 is 0 Å². The van der Waals surface area contributed by atoms with Crippen LogP contribution in [-0.4, -0.2) is 4.98 Å². The molecule has 3 heteroatoms. The molecule has 3 nitrogen and oxygen atoms in total. The van der Waals surface area contributed by atoms with Crippen molar-refractivity contribution in [3.63, 3.8) is 0 Å². The Labute approximate surface area is 112 Å². The molecule has 0 aliphatic carbocycles. The number of hydrogen-bond donors (Lipinski definition) is 2. The van der Waals surface area contributed by atoms with Crippen molar-refractivity contribution in [2.45, 2.75) is 6.54 Å². The lowest BCUT2D eigenvalue weighted by Gasteiger charge is -2.09. The molecule has 94 valence electrons. The van der Waals surface area contributed by atoms with Crippen molar-refractivity contribution in [1.29, 1.82) is 0 Å². The molecule has 3 aromatic rings. The zero-order valence-corrected chi connectivity index (χ0v) is 10.5. The normalized spacial score (nSPS) is 10.5. The van der Waals surface area contributed by atoms with E-state index in [1.807, 2.05) is 48.7 Å². The maximum atomic E-state index is 5.78. The van der Waals surface area contributed by atoms with Crippen molar-refractivity contribution in [1.82, 2.24) is 4.98 Å². The lowest BCUT2D eigenvalue weighted by molar-refractivity contribution is 1.15. The second kappa shape index (κ2) is 4.98. The summed E-state index contributed by atoms with van der Waals surface area (Å²) in [4.78, 5) is 4.35. The summed E-state index contributed by atoms with van der Waals surface area (Å²) in [5.74, 6) is 0. The number of para-hydroxylation sites is 1. The molecule has 1 aromatic heterocycles. The molecule has 3 rings (SSSR count). The van der Waals surface area contributed by atoms with Crippen LogP contribution in [0.1, 0.15) is 5.56 Å². The first-order valence-corrected chi connectivity index (χ1v) is 6.25. The van der Waals surface area contributed by atoms with Crippen LogP contribution in [0.2, 0.25) is 0 Å². The third-order valence-corrected chi connectivity index (χ3v) is 3.08. The average Bonchev–Trinajstić information content (AvgIpc) is 2.45. The number of nitrogens with two attached hydrogens (primary N) is 1. The minimum atomic E-state index is 0.749. The van der Waals surface area contributed by atoms with Gasteiger partial charge in [-0.05, 0) is 29.8 Å². The molecule has 0 atom stereocenters. The summed E-state index contributed by atoms with van der Waals surface area (Å²) in [6, 6.07) is 18.0. The third-order valence-electron chi connectivity index (χ3n) is 3.08. The number of nitrogens with zero attached hydrogens (tertiary/aromatic N) is 1. The summed E-state index contributed by atoms with van der Waals surface area (Å²) in [7, 11) is 0. The zero-order valence-electron chi connectivity index (χ0n) is 10.5. The van der Waals surface area contributed by atoms with E-state index in [1.165, 1.54) is 5.56 Å². The molecule has 0 saturated carbocycles. The van der Waals surface area contributed by atoms with Gasteiger partial charge in [0.25, 0.3) is 0 Å². The van der Waals surface area contributed by atoms with E-state index in [9.17, 15) is 0 Å². The number of aromatic nitrogens is 1. The molecular weight excluding hydrogens is 234 g/mol. The number of pyridine rings is 1. The van der Waals surface area contributed by atoms with Crippen molar-refractivity contribution in [3.8, 4) is 0 Å². The molecule has 0 aliphatic heterocycles. The quantitative estimate of drug-likeness (QED) is 0.699. The standard InChI is InChI=1S/C16H15N3/c17-13-5-3-4-12(10-13)11-19-16-8-9-18-15-7-2-1-6-14(15)16/h1-10H,11,17H2,(H,18,19). The van der Waals surface area contributed by atoms with Crippen LogP contribution in [-0.2, 0) is 6.54 Å². The SMILES string of the molecule is Nc1cccc(CNc2ccnc3ccccc23)c1. The third kappa shape index (κ3) is 2.50. The molecule has 0 amide bonds. The van der Waals surface area contributed by atoms with Gasteiger partial charge in [0.05, 0.1) is 5.52 Å². The highest BCUT2D eigenvalue weighted by Crippen LogP contribution is 2.21. The highest BCUT2D eigenvalue weighted by Gasteiger charge is 2.00. The maximum absolute atomic E-state index is 5.78. The van der Waals surface area contributed by atoms with Crippen LogP contribution in [0.15, 0.2) is 60.8 Å². The summed E-state index contributed by atoms with van der Waals surface area (Å²) in [5, 5.41) is 4.57. The van der Waals surface area contributed by atoms with E-state index >= 15 is 0 Å². The van der Waals surface area contributed by atoms with Crippen molar-refractivity contribution < 1.29 is 0 Å². The number of rotatable bonds is 3. The Morgan fingerprint density at radius 1 is 1.00 bits per heavy atom. The zero-order chi connectivity index (χ0) is 13.1. The number of benzene rings is 2. The lowest BCUT2D eigenvalue weighted by Crippen LogP contribution is -2.01. The molecule has 2 aromatic carbocycles. The van der Waals surface area contributed by atoms with E-state index in [1.54, 1.807) is 0 Å². The molecule has 0 unspecified atom stereocenters. The first-order valence-electron chi connectivity index (χ1n) is 6.25. The van der Waals surface area contributed by atoms with Gasteiger partial charge in [-0.1, -0.05) is 30.3 Å². The Kier molecular flexibility index (Phi) is 3.02. The number of anilines is 2. The predicted molar refractivity (Wildman–Crippen MR) is 79.9 cm³/mol. The van der Waals surface area contributed by atoms with Crippen LogP contribution in [0.5, 0.6) is 0 Å². The molecule has 1 heterocycles. The largest absolute Gasteiger partial charge is 0.399 e. The monoisotopic (exact) mass is 249 g/mol. The highest BCUT2D eigenvalue weighted by molar-refractivity contribution is 5.90. The van der Waals surface area contributed by atoms with Crippen LogP contribution in [0.3, 0.4) is 0 Å². The van der Waals surface area contributed by atoms with E-state index in [0.29, 0.717) is 0 Å².